The second-order valence-corrected chi connectivity index (χ2v) is 6.21. The molecule has 0 spiro atoms. The van der Waals surface area contributed by atoms with Crippen molar-refractivity contribution in [3.8, 4) is 11.5 Å². The lowest BCUT2D eigenvalue weighted by molar-refractivity contribution is -0.140. The number of aromatic hydroxyl groups is 1. The number of rotatable bonds is 5. The smallest absolute Gasteiger partial charge is 0.333 e. The molecule has 134 valence electrons. The minimum atomic E-state index is -0.444. The van der Waals surface area contributed by atoms with Crippen molar-refractivity contribution in [1.82, 2.24) is 0 Å². The molecule has 0 aliphatic heterocycles. The molecular formula is C20H24O5. The molecule has 1 aliphatic rings. The van der Waals surface area contributed by atoms with Gasteiger partial charge in [-0.2, -0.15) is 0 Å². The summed E-state index contributed by atoms with van der Waals surface area (Å²) >= 11 is 0. The Morgan fingerprint density at radius 2 is 2.04 bits per heavy atom. The summed E-state index contributed by atoms with van der Waals surface area (Å²) in [6.45, 7) is 6.76. The van der Waals surface area contributed by atoms with Crippen LogP contribution in [-0.2, 0) is 16.1 Å². The van der Waals surface area contributed by atoms with Crippen LogP contribution >= 0.6 is 0 Å². The highest BCUT2D eigenvalue weighted by Crippen LogP contribution is 2.46. The number of ether oxygens (including phenoxy) is 2. The van der Waals surface area contributed by atoms with Gasteiger partial charge in [0.15, 0.2) is 17.3 Å². The number of phenols is 1. The van der Waals surface area contributed by atoms with Crippen LogP contribution in [0.1, 0.15) is 67.1 Å². The Kier molecular flexibility index (Phi) is 5.67. The minimum Gasteiger partial charge on any atom is -0.504 e. The molecular weight excluding hydrogens is 320 g/mol. The summed E-state index contributed by atoms with van der Waals surface area (Å²) in [5, 5.41) is 10.6. The zero-order chi connectivity index (χ0) is 18.7. The Morgan fingerprint density at radius 3 is 2.60 bits per heavy atom. The van der Waals surface area contributed by atoms with Gasteiger partial charge < -0.3 is 14.6 Å². The van der Waals surface area contributed by atoms with Crippen molar-refractivity contribution in [2.45, 2.75) is 46.6 Å². The molecule has 0 fully saturated rings. The van der Waals surface area contributed by atoms with Gasteiger partial charge in [-0.05, 0) is 38.7 Å². The average Bonchev–Trinajstić information content (AvgIpc) is 2.58. The van der Waals surface area contributed by atoms with Crippen molar-refractivity contribution < 1.29 is 24.2 Å². The predicted octanol–water partition coefficient (Wildman–Crippen LogP) is 4.13. The molecule has 0 heterocycles. The van der Waals surface area contributed by atoms with E-state index in [2.05, 4.69) is 0 Å². The first-order valence-corrected chi connectivity index (χ1v) is 8.26. The number of allylic oxidation sites excluding steroid dienone is 2. The molecule has 25 heavy (non-hydrogen) atoms. The Hall–Kier alpha value is -2.56. The van der Waals surface area contributed by atoms with Gasteiger partial charge in [-0.15, -0.1) is 0 Å². The number of carbonyl (C=O) groups excluding carboxylic acids is 2. The van der Waals surface area contributed by atoms with Crippen molar-refractivity contribution in [3.05, 3.63) is 40.0 Å². The third-order valence-electron chi connectivity index (χ3n) is 4.54. The van der Waals surface area contributed by atoms with Gasteiger partial charge in [-0.3, -0.25) is 4.79 Å². The van der Waals surface area contributed by atoms with Crippen LogP contribution in [0, 0.1) is 0 Å². The molecule has 0 aromatic heterocycles. The average molecular weight is 344 g/mol. The molecule has 1 aromatic rings. The fourth-order valence-corrected chi connectivity index (χ4v) is 3.14. The van der Waals surface area contributed by atoms with Gasteiger partial charge in [0.25, 0.3) is 0 Å². The molecule has 1 atom stereocenters. The van der Waals surface area contributed by atoms with E-state index in [4.69, 9.17) is 9.47 Å². The molecule has 5 nitrogen and oxygen atoms in total. The van der Waals surface area contributed by atoms with E-state index in [-0.39, 0.29) is 35.4 Å². The van der Waals surface area contributed by atoms with Crippen molar-refractivity contribution in [2.24, 2.45) is 0 Å². The molecule has 5 heteroatoms. The summed E-state index contributed by atoms with van der Waals surface area (Å²) in [6, 6.07) is 0. The first kappa shape index (κ1) is 18.8. The number of carbonyl (C=O) groups is 2. The topological polar surface area (TPSA) is 72.8 Å². The SMILES string of the molecule is CC=C(C)C(=O)OCc1c(C(C)=O)c(O)c(OC)c2c1[C@@H](C)CC=C2. The van der Waals surface area contributed by atoms with Gasteiger partial charge >= 0.3 is 5.97 Å². The summed E-state index contributed by atoms with van der Waals surface area (Å²) in [7, 11) is 1.46. The first-order chi connectivity index (χ1) is 11.8. The van der Waals surface area contributed by atoms with E-state index in [0.29, 0.717) is 11.1 Å². The lowest BCUT2D eigenvalue weighted by Gasteiger charge is -2.26. The van der Waals surface area contributed by atoms with Crippen LogP contribution in [0.15, 0.2) is 17.7 Å². The number of Topliss-reactive ketones (excluding diaryl/α,β-unsaturated/α-hetero) is 1. The first-order valence-electron chi connectivity index (χ1n) is 8.26. The number of esters is 1. The van der Waals surface area contributed by atoms with Crippen molar-refractivity contribution >= 4 is 17.8 Å². The zero-order valence-corrected chi connectivity index (χ0v) is 15.3. The molecule has 0 saturated heterocycles. The molecule has 0 saturated carbocycles. The Labute approximate surface area is 147 Å². The molecule has 0 radical (unpaired) electrons. The number of phenolic OH excluding ortho intramolecular Hbond substituents is 1. The maximum absolute atomic E-state index is 12.2. The number of benzene rings is 1. The summed E-state index contributed by atoms with van der Waals surface area (Å²) in [5.74, 6) is -0.553. The zero-order valence-electron chi connectivity index (χ0n) is 15.3. The highest BCUT2D eigenvalue weighted by molar-refractivity contribution is 6.01. The molecule has 1 aromatic carbocycles. The van der Waals surface area contributed by atoms with E-state index in [1.807, 2.05) is 19.1 Å². The van der Waals surface area contributed by atoms with Crippen LogP contribution in [0.25, 0.3) is 6.08 Å². The molecule has 1 aliphatic carbocycles. The number of methoxy groups -OCH3 is 1. The number of ketones is 1. The van der Waals surface area contributed by atoms with E-state index in [1.165, 1.54) is 14.0 Å². The Morgan fingerprint density at radius 1 is 1.36 bits per heavy atom. The molecule has 0 bridgehead atoms. The monoisotopic (exact) mass is 344 g/mol. The lowest BCUT2D eigenvalue weighted by Crippen LogP contribution is -2.15. The molecule has 0 amide bonds. The second kappa shape index (κ2) is 7.55. The van der Waals surface area contributed by atoms with Gasteiger partial charge in [-0.25, -0.2) is 4.79 Å². The maximum atomic E-state index is 12.2. The van der Waals surface area contributed by atoms with Crippen molar-refractivity contribution in [3.63, 3.8) is 0 Å². The van der Waals surface area contributed by atoms with Gasteiger partial charge in [-0.1, -0.05) is 25.2 Å². The summed E-state index contributed by atoms with van der Waals surface area (Å²) in [4.78, 5) is 24.2. The quantitative estimate of drug-likeness (QED) is 0.494. The number of hydrogen-bond donors (Lipinski definition) is 1. The van der Waals surface area contributed by atoms with E-state index in [0.717, 1.165) is 17.5 Å². The van der Waals surface area contributed by atoms with E-state index < -0.39 is 5.97 Å². The maximum Gasteiger partial charge on any atom is 0.333 e. The summed E-state index contributed by atoms with van der Waals surface area (Å²) < 4.78 is 10.7. The predicted molar refractivity (Wildman–Crippen MR) is 96.0 cm³/mol. The molecule has 2 rings (SSSR count). The molecule has 1 N–H and O–H groups in total. The highest BCUT2D eigenvalue weighted by Gasteiger charge is 2.29. The lowest BCUT2D eigenvalue weighted by atomic mass is 9.81. The van der Waals surface area contributed by atoms with Crippen LogP contribution < -0.4 is 4.74 Å². The second-order valence-electron chi connectivity index (χ2n) is 6.21. The highest BCUT2D eigenvalue weighted by atomic mass is 16.5. The van der Waals surface area contributed by atoms with Gasteiger partial charge in [0.1, 0.15) is 6.61 Å². The van der Waals surface area contributed by atoms with Crippen LogP contribution in [0.2, 0.25) is 0 Å². The van der Waals surface area contributed by atoms with Crippen LogP contribution in [0.4, 0.5) is 0 Å². The van der Waals surface area contributed by atoms with Crippen molar-refractivity contribution in [2.75, 3.05) is 7.11 Å². The summed E-state index contributed by atoms with van der Waals surface area (Å²) in [5.41, 5.74) is 2.81. The summed E-state index contributed by atoms with van der Waals surface area (Å²) in [6.07, 6.45) is 6.34. The molecule has 0 unspecified atom stereocenters. The largest absolute Gasteiger partial charge is 0.504 e. The fraction of sp³-hybridized carbons (Fsp3) is 0.400. The minimum absolute atomic E-state index is 0.0724. The van der Waals surface area contributed by atoms with E-state index in [1.54, 1.807) is 19.9 Å². The van der Waals surface area contributed by atoms with E-state index in [9.17, 15) is 14.7 Å². The Bertz CT molecular complexity index is 771. The fourth-order valence-electron chi connectivity index (χ4n) is 3.14. The Balaban J connectivity index is 2.64. The third-order valence-corrected chi connectivity index (χ3v) is 4.54. The van der Waals surface area contributed by atoms with Crippen LogP contribution in [0.5, 0.6) is 11.5 Å². The van der Waals surface area contributed by atoms with E-state index >= 15 is 0 Å². The normalized spacial score (nSPS) is 16.4. The van der Waals surface area contributed by atoms with Crippen molar-refractivity contribution in [1.29, 1.82) is 0 Å². The third kappa shape index (κ3) is 3.45. The van der Waals surface area contributed by atoms with Crippen LogP contribution in [0.3, 0.4) is 0 Å². The number of fused-ring (bicyclic) bond motifs is 1. The van der Waals surface area contributed by atoms with Gasteiger partial charge in [0, 0.05) is 16.7 Å². The standard InChI is InChI=1S/C20H24O5/c1-6-11(2)20(23)25-10-15-16-12(3)8-7-9-14(16)19(24-5)18(22)17(15)13(4)21/h6-7,9,12,22H,8,10H2,1-5H3/t12-/m0/s1. The van der Waals surface area contributed by atoms with Crippen LogP contribution in [-0.4, -0.2) is 24.0 Å². The van der Waals surface area contributed by atoms with Gasteiger partial charge in [0.2, 0.25) is 0 Å². The number of hydrogen-bond acceptors (Lipinski definition) is 5. The van der Waals surface area contributed by atoms with Gasteiger partial charge in [0.05, 0.1) is 12.7 Å².